The number of rotatable bonds is 5. The number of aromatic nitrogens is 2. The average molecular weight is 407 g/mol. The Labute approximate surface area is 174 Å². The second kappa shape index (κ2) is 8.34. The van der Waals surface area contributed by atoms with Crippen molar-refractivity contribution in [1.29, 1.82) is 0 Å². The van der Waals surface area contributed by atoms with Crippen molar-refractivity contribution >= 4 is 34.5 Å². The fraction of sp³-hybridized carbons (Fsp3) is 0.238. The fourth-order valence-electron chi connectivity index (χ4n) is 3.38. The van der Waals surface area contributed by atoms with E-state index in [0.29, 0.717) is 47.5 Å². The number of anilines is 6. The van der Waals surface area contributed by atoms with Crippen LogP contribution in [0.4, 0.5) is 34.5 Å². The maximum atomic E-state index is 6.13. The summed E-state index contributed by atoms with van der Waals surface area (Å²) in [4.78, 5) is 11.1. The van der Waals surface area contributed by atoms with Crippen molar-refractivity contribution in [1.82, 2.24) is 9.97 Å². The van der Waals surface area contributed by atoms with Gasteiger partial charge in [-0.2, -0.15) is 4.98 Å². The average Bonchev–Trinajstić information content (AvgIpc) is 2.77. The summed E-state index contributed by atoms with van der Waals surface area (Å²) in [5, 5.41) is 3.18. The molecule has 1 saturated heterocycles. The minimum atomic E-state index is 0.176. The van der Waals surface area contributed by atoms with Crippen LogP contribution in [0.2, 0.25) is 0 Å². The number of nitrogen functional groups attached to an aromatic ring is 3. The summed E-state index contributed by atoms with van der Waals surface area (Å²) in [5.74, 6) is 1.14. The van der Waals surface area contributed by atoms with Crippen molar-refractivity contribution in [3.8, 4) is 17.0 Å². The maximum Gasteiger partial charge on any atom is 0.229 e. The fourth-order valence-corrected chi connectivity index (χ4v) is 3.38. The molecule has 0 unspecified atom stereocenters. The molecule has 1 aliphatic heterocycles. The molecule has 0 saturated carbocycles. The Kier molecular flexibility index (Phi) is 5.44. The van der Waals surface area contributed by atoms with Crippen LogP contribution >= 0.6 is 0 Å². The van der Waals surface area contributed by atoms with E-state index in [1.807, 2.05) is 36.4 Å². The van der Waals surface area contributed by atoms with E-state index in [1.165, 1.54) is 0 Å². The van der Waals surface area contributed by atoms with Crippen LogP contribution < -0.4 is 32.2 Å². The molecule has 1 aliphatic rings. The van der Waals surface area contributed by atoms with Crippen LogP contribution in [-0.4, -0.2) is 43.4 Å². The summed E-state index contributed by atoms with van der Waals surface area (Å²) < 4.78 is 11.0. The monoisotopic (exact) mass is 407 g/mol. The largest absolute Gasteiger partial charge is 0.494 e. The third kappa shape index (κ3) is 3.87. The van der Waals surface area contributed by atoms with Crippen molar-refractivity contribution in [2.75, 3.05) is 60.8 Å². The molecule has 30 heavy (non-hydrogen) atoms. The Morgan fingerprint density at radius 1 is 1.03 bits per heavy atom. The molecule has 0 atom stereocenters. The molecule has 156 valence electrons. The van der Waals surface area contributed by atoms with Gasteiger partial charge in [0.2, 0.25) is 5.95 Å². The molecule has 2 aromatic carbocycles. The molecule has 9 nitrogen and oxygen atoms in total. The van der Waals surface area contributed by atoms with Crippen LogP contribution in [0.5, 0.6) is 5.75 Å². The van der Waals surface area contributed by atoms with E-state index in [1.54, 1.807) is 13.2 Å². The number of nitrogens with zero attached hydrogens (tertiary/aromatic N) is 3. The number of nitrogens with one attached hydrogen (secondary N) is 1. The van der Waals surface area contributed by atoms with Crippen molar-refractivity contribution < 1.29 is 9.47 Å². The van der Waals surface area contributed by atoms with Crippen LogP contribution in [0.15, 0.2) is 42.5 Å². The second-order valence-electron chi connectivity index (χ2n) is 6.89. The number of methoxy groups -OCH3 is 1. The van der Waals surface area contributed by atoms with Crippen LogP contribution in [0.25, 0.3) is 11.3 Å². The molecule has 9 heteroatoms. The van der Waals surface area contributed by atoms with Gasteiger partial charge in [0, 0.05) is 36.1 Å². The summed E-state index contributed by atoms with van der Waals surface area (Å²) >= 11 is 0. The van der Waals surface area contributed by atoms with Gasteiger partial charge in [0.15, 0.2) is 5.82 Å². The lowest BCUT2D eigenvalue weighted by atomic mass is 10.1. The first kappa shape index (κ1) is 19.6. The van der Waals surface area contributed by atoms with Gasteiger partial charge in [-0.15, -0.1) is 0 Å². The zero-order valence-electron chi connectivity index (χ0n) is 16.8. The molecule has 1 fully saturated rings. The molecule has 0 spiro atoms. The number of morpholine rings is 1. The first-order valence-corrected chi connectivity index (χ1v) is 9.62. The lowest BCUT2D eigenvalue weighted by molar-refractivity contribution is 0.122. The smallest absolute Gasteiger partial charge is 0.229 e. The molecular formula is C21H25N7O2. The molecule has 2 heterocycles. The van der Waals surface area contributed by atoms with Crippen molar-refractivity contribution in [3.63, 3.8) is 0 Å². The zero-order chi connectivity index (χ0) is 21.1. The normalized spacial score (nSPS) is 13.8. The predicted octanol–water partition coefficient (Wildman–Crippen LogP) is 2.48. The minimum absolute atomic E-state index is 0.176. The molecule has 0 bridgehead atoms. The molecule has 3 aromatic rings. The highest BCUT2D eigenvalue weighted by Gasteiger charge is 2.17. The number of hydrogen-bond acceptors (Lipinski definition) is 9. The van der Waals surface area contributed by atoms with Crippen molar-refractivity contribution in [2.45, 2.75) is 0 Å². The van der Waals surface area contributed by atoms with Gasteiger partial charge in [-0.1, -0.05) is 18.2 Å². The van der Waals surface area contributed by atoms with Crippen molar-refractivity contribution in [3.05, 3.63) is 42.5 Å². The Hall–Kier alpha value is -3.72. The van der Waals surface area contributed by atoms with Gasteiger partial charge in [-0.3, -0.25) is 0 Å². The van der Waals surface area contributed by atoms with Gasteiger partial charge in [-0.05, 0) is 18.2 Å². The van der Waals surface area contributed by atoms with Gasteiger partial charge in [0.25, 0.3) is 0 Å². The number of para-hydroxylation sites is 1. The summed E-state index contributed by atoms with van der Waals surface area (Å²) in [7, 11) is 1.62. The molecule has 4 rings (SSSR count). The topological polar surface area (TPSA) is 138 Å². The molecule has 7 N–H and O–H groups in total. The first-order chi connectivity index (χ1) is 14.6. The third-order valence-electron chi connectivity index (χ3n) is 5.00. The summed E-state index contributed by atoms with van der Waals surface area (Å²) in [6.45, 7) is 3.11. The van der Waals surface area contributed by atoms with E-state index in [9.17, 15) is 0 Å². The van der Waals surface area contributed by atoms with Gasteiger partial charge >= 0.3 is 0 Å². The standard InChI is InChI=1S/C21H25N7O2/c1-29-17-12-13(28-8-10-30-11-9-28)6-7-16(17)25-21-26-19(18(23)20(24)27-21)14-4-2-3-5-15(14)22/h2-7,12H,8-11,22-23H2,1H3,(H3,24,25,26,27). The van der Waals surface area contributed by atoms with Crippen LogP contribution in [0, 0.1) is 0 Å². The minimum Gasteiger partial charge on any atom is -0.494 e. The highest BCUT2D eigenvalue weighted by atomic mass is 16.5. The molecule has 0 radical (unpaired) electrons. The van der Waals surface area contributed by atoms with Gasteiger partial charge in [0.05, 0.1) is 26.0 Å². The Morgan fingerprint density at radius 3 is 2.53 bits per heavy atom. The molecule has 0 amide bonds. The van der Waals surface area contributed by atoms with Gasteiger partial charge < -0.3 is 36.9 Å². The number of benzene rings is 2. The lowest BCUT2D eigenvalue weighted by Crippen LogP contribution is -2.36. The van der Waals surface area contributed by atoms with Gasteiger partial charge in [0.1, 0.15) is 17.1 Å². The van der Waals surface area contributed by atoms with E-state index in [4.69, 9.17) is 26.7 Å². The van der Waals surface area contributed by atoms with Crippen LogP contribution in [0.3, 0.4) is 0 Å². The lowest BCUT2D eigenvalue weighted by Gasteiger charge is -2.29. The molecule has 0 aliphatic carbocycles. The number of nitrogens with two attached hydrogens (primary N) is 3. The zero-order valence-corrected chi connectivity index (χ0v) is 16.8. The van der Waals surface area contributed by atoms with Crippen LogP contribution in [-0.2, 0) is 4.74 Å². The molecular weight excluding hydrogens is 382 g/mol. The van der Waals surface area contributed by atoms with E-state index >= 15 is 0 Å². The summed E-state index contributed by atoms with van der Waals surface area (Å²) in [6.07, 6.45) is 0. The summed E-state index contributed by atoms with van der Waals surface area (Å²) in [5.41, 5.74) is 22.1. The summed E-state index contributed by atoms with van der Waals surface area (Å²) in [6, 6.07) is 13.3. The number of hydrogen-bond donors (Lipinski definition) is 4. The second-order valence-corrected chi connectivity index (χ2v) is 6.89. The van der Waals surface area contributed by atoms with E-state index in [0.717, 1.165) is 18.8 Å². The van der Waals surface area contributed by atoms with E-state index < -0.39 is 0 Å². The Morgan fingerprint density at radius 2 is 1.80 bits per heavy atom. The van der Waals surface area contributed by atoms with Crippen molar-refractivity contribution in [2.24, 2.45) is 0 Å². The predicted molar refractivity (Wildman–Crippen MR) is 120 cm³/mol. The Balaban J connectivity index is 1.66. The van der Waals surface area contributed by atoms with E-state index in [2.05, 4.69) is 20.2 Å². The maximum absolute atomic E-state index is 6.13. The highest BCUT2D eigenvalue weighted by molar-refractivity contribution is 5.86. The third-order valence-corrected chi connectivity index (χ3v) is 5.00. The quantitative estimate of drug-likeness (QED) is 0.470. The van der Waals surface area contributed by atoms with Crippen LogP contribution in [0.1, 0.15) is 0 Å². The van der Waals surface area contributed by atoms with E-state index in [-0.39, 0.29) is 11.5 Å². The number of ether oxygens (including phenoxy) is 2. The SMILES string of the molecule is COc1cc(N2CCOCC2)ccc1Nc1nc(N)c(N)c(-c2ccccc2N)n1. The Bertz CT molecular complexity index is 1050. The first-order valence-electron chi connectivity index (χ1n) is 9.62. The highest BCUT2D eigenvalue weighted by Crippen LogP contribution is 2.35. The molecule has 1 aromatic heterocycles. The van der Waals surface area contributed by atoms with Gasteiger partial charge in [-0.25, -0.2) is 4.98 Å².